The van der Waals surface area contributed by atoms with Crippen LogP contribution in [0.4, 0.5) is 5.69 Å². The Bertz CT molecular complexity index is 390. The van der Waals surface area contributed by atoms with Crippen LogP contribution < -0.4 is 10.1 Å². The van der Waals surface area contributed by atoms with Gasteiger partial charge in [0.1, 0.15) is 5.75 Å². The summed E-state index contributed by atoms with van der Waals surface area (Å²) in [5.41, 5.74) is 0.798. The number of hydrogen-bond donors (Lipinski definition) is 1. The van der Waals surface area contributed by atoms with Gasteiger partial charge in [-0.3, -0.25) is 4.79 Å². The molecule has 0 saturated carbocycles. The van der Waals surface area contributed by atoms with Crippen LogP contribution >= 0.6 is 11.8 Å². The fourth-order valence-electron chi connectivity index (χ4n) is 1.40. The van der Waals surface area contributed by atoms with Gasteiger partial charge in [0, 0.05) is 11.4 Å². The standard InChI is InChI=1S/C15H21NO2S/c1-3-5-10-18-14-8-6-13(7-9-14)16-15(17)12-19-11-4-2/h4,6-9H,2-3,5,10-12H2,1H3,(H,16,17). The molecule has 1 aromatic rings. The van der Waals surface area contributed by atoms with Crippen molar-refractivity contribution in [2.45, 2.75) is 19.8 Å². The first-order chi connectivity index (χ1) is 9.26. The van der Waals surface area contributed by atoms with E-state index in [-0.39, 0.29) is 5.91 Å². The second-order valence-corrected chi connectivity index (χ2v) is 5.11. The molecule has 0 saturated heterocycles. The van der Waals surface area contributed by atoms with E-state index in [1.165, 1.54) is 0 Å². The van der Waals surface area contributed by atoms with Crippen LogP contribution in [0.1, 0.15) is 19.8 Å². The molecule has 0 aliphatic heterocycles. The van der Waals surface area contributed by atoms with Crippen molar-refractivity contribution < 1.29 is 9.53 Å². The number of nitrogens with one attached hydrogen (secondary N) is 1. The second kappa shape index (κ2) is 9.50. The topological polar surface area (TPSA) is 38.3 Å². The number of unbranched alkanes of at least 4 members (excludes halogenated alkanes) is 1. The Balaban J connectivity index is 2.34. The maximum Gasteiger partial charge on any atom is 0.234 e. The largest absolute Gasteiger partial charge is 0.494 e. The number of amides is 1. The summed E-state index contributed by atoms with van der Waals surface area (Å²) in [6.45, 7) is 6.48. The first-order valence-corrected chi connectivity index (χ1v) is 7.63. The smallest absolute Gasteiger partial charge is 0.234 e. The highest BCUT2D eigenvalue weighted by Crippen LogP contribution is 2.16. The molecule has 0 aromatic heterocycles. The number of anilines is 1. The summed E-state index contributed by atoms with van der Waals surface area (Å²) in [5.74, 6) is 2.08. The van der Waals surface area contributed by atoms with E-state index in [4.69, 9.17) is 4.74 Å². The summed E-state index contributed by atoms with van der Waals surface area (Å²) in [4.78, 5) is 11.6. The number of hydrogen-bond acceptors (Lipinski definition) is 3. The minimum atomic E-state index is 0.00602. The van der Waals surface area contributed by atoms with Crippen molar-refractivity contribution in [1.29, 1.82) is 0 Å². The number of rotatable bonds is 9. The van der Waals surface area contributed by atoms with Crippen LogP contribution in [-0.4, -0.2) is 24.0 Å². The van der Waals surface area contributed by atoms with Gasteiger partial charge in [-0.1, -0.05) is 19.4 Å². The zero-order valence-electron chi connectivity index (χ0n) is 11.4. The van der Waals surface area contributed by atoms with Gasteiger partial charge in [0.05, 0.1) is 12.4 Å². The van der Waals surface area contributed by atoms with Crippen LogP contribution in [-0.2, 0) is 4.79 Å². The number of benzene rings is 1. The molecule has 19 heavy (non-hydrogen) atoms. The van der Waals surface area contributed by atoms with E-state index in [2.05, 4.69) is 18.8 Å². The Hall–Kier alpha value is -1.42. The molecule has 0 aliphatic carbocycles. The van der Waals surface area contributed by atoms with E-state index in [9.17, 15) is 4.79 Å². The van der Waals surface area contributed by atoms with Crippen molar-refractivity contribution in [3.63, 3.8) is 0 Å². The van der Waals surface area contributed by atoms with Gasteiger partial charge in [-0.15, -0.1) is 18.3 Å². The Morgan fingerprint density at radius 1 is 1.42 bits per heavy atom. The van der Waals surface area contributed by atoms with Crippen LogP contribution in [0.3, 0.4) is 0 Å². The number of carbonyl (C=O) groups is 1. The lowest BCUT2D eigenvalue weighted by molar-refractivity contribution is -0.113. The van der Waals surface area contributed by atoms with E-state index >= 15 is 0 Å². The molecule has 1 aromatic carbocycles. The van der Waals surface area contributed by atoms with Gasteiger partial charge in [-0.2, -0.15) is 0 Å². The van der Waals surface area contributed by atoms with Gasteiger partial charge in [0.2, 0.25) is 5.91 Å². The third-order valence-corrected chi connectivity index (χ3v) is 3.31. The highest BCUT2D eigenvalue weighted by Gasteiger charge is 2.02. The molecule has 104 valence electrons. The van der Waals surface area contributed by atoms with E-state index in [0.717, 1.165) is 36.6 Å². The summed E-state index contributed by atoms with van der Waals surface area (Å²) in [6, 6.07) is 7.47. The third-order valence-electron chi connectivity index (χ3n) is 2.37. The first-order valence-electron chi connectivity index (χ1n) is 6.47. The van der Waals surface area contributed by atoms with Crippen molar-refractivity contribution in [2.24, 2.45) is 0 Å². The maximum atomic E-state index is 11.6. The number of thioether (sulfide) groups is 1. The predicted octanol–water partition coefficient (Wildman–Crippen LogP) is 3.72. The molecule has 1 rings (SSSR count). The highest BCUT2D eigenvalue weighted by molar-refractivity contribution is 8.00. The zero-order chi connectivity index (χ0) is 13.9. The molecule has 4 heteroatoms. The summed E-state index contributed by atoms with van der Waals surface area (Å²) >= 11 is 1.54. The van der Waals surface area contributed by atoms with Gasteiger partial charge in [-0.05, 0) is 30.7 Å². The molecule has 0 aliphatic rings. The number of carbonyl (C=O) groups excluding carboxylic acids is 1. The van der Waals surface area contributed by atoms with E-state index in [0.29, 0.717) is 5.75 Å². The summed E-state index contributed by atoms with van der Waals surface area (Å²) in [5, 5.41) is 2.85. The van der Waals surface area contributed by atoms with Gasteiger partial charge in [0.25, 0.3) is 0 Å². The highest BCUT2D eigenvalue weighted by atomic mass is 32.2. The van der Waals surface area contributed by atoms with Crippen molar-refractivity contribution >= 4 is 23.4 Å². The minimum Gasteiger partial charge on any atom is -0.494 e. The Morgan fingerprint density at radius 2 is 2.16 bits per heavy atom. The van der Waals surface area contributed by atoms with Gasteiger partial charge in [0.15, 0.2) is 0 Å². The molecule has 1 N–H and O–H groups in total. The van der Waals surface area contributed by atoms with E-state index in [1.54, 1.807) is 17.8 Å². The molecular weight excluding hydrogens is 258 g/mol. The monoisotopic (exact) mass is 279 g/mol. The van der Waals surface area contributed by atoms with E-state index < -0.39 is 0 Å². The second-order valence-electron chi connectivity index (χ2n) is 4.08. The van der Waals surface area contributed by atoms with Crippen LogP contribution in [0.25, 0.3) is 0 Å². The molecule has 0 radical (unpaired) electrons. The quantitative estimate of drug-likeness (QED) is 0.553. The lowest BCUT2D eigenvalue weighted by Gasteiger charge is -2.07. The van der Waals surface area contributed by atoms with Gasteiger partial charge in [-0.25, -0.2) is 0 Å². The minimum absolute atomic E-state index is 0.00602. The maximum absolute atomic E-state index is 11.6. The average molecular weight is 279 g/mol. The predicted molar refractivity (Wildman–Crippen MR) is 83.0 cm³/mol. The van der Waals surface area contributed by atoms with Crippen molar-refractivity contribution in [1.82, 2.24) is 0 Å². The van der Waals surface area contributed by atoms with Gasteiger partial charge >= 0.3 is 0 Å². The molecule has 0 heterocycles. The third kappa shape index (κ3) is 6.91. The molecular formula is C15H21NO2S. The molecule has 0 fully saturated rings. The molecule has 0 spiro atoms. The van der Waals surface area contributed by atoms with Crippen LogP contribution in [0.5, 0.6) is 5.75 Å². The zero-order valence-corrected chi connectivity index (χ0v) is 12.2. The first kappa shape index (κ1) is 15.6. The molecule has 0 bridgehead atoms. The van der Waals surface area contributed by atoms with Crippen LogP contribution in [0.2, 0.25) is 0 Å². The Morgan fingerprint density at radius 3 is 2.79 bits per heavy atom. The molecule has 0 unspecified atom stereocenters. The molecule has 3 nitrogen and oxygen atoms in total. The Labute approximate surface area is 119 Å². The fraction of sp³-hybridized carbons (Fsp3) is 0.400. The lowest BCUT2D eigenvalue weighted by Crippen LogP contribution is -2.14. The van der Waals surface area contributed by atoms with E-state index in [1.807, 2.05) is 24.3 Å². The van der Waals surface area contributed by atoms with Crippen molar-refractivity contribution in [3.05, 3.63) is 36.9 Å². The number of ether oxygens (including phenoxy) is 1. The summed E-state index contributed by atoms with van der Waals surface area (Å²) in [7, 11) is 0. The normalized spacial score (nSPS) is 9.95. The lowest BCUT2D eigenvalue weighted by atomic mass is 10.3. The average Bonchev–Trinajstić information content (AvgIpc) is 2.41. The van der Waals surface area contributed by atoms with Crippen molar-refractivity contribution in [2.75, 3.05) is 23.4 Å². The Kier molecular flexibility index (Phi) is 7.82. The molecule has 1 amide bonds. The summed E-state index contributed by atoms with van der Waals surface area (Å²) in [6.07, 6.45) is 3.97. The SMILES string of the molecule is C=CCSCC(=O)Nc1ccc(OCCCC)cc1. The van der Waals surface area contributed by atoms with Crippen molar-refractivity contribution in [3.8, 4) is 5.75 Å². The summed E-state index contributed by atoms with van der Waals surface area (Å²) < 4.78 is 5.56. The molecule has 0 atom stereocenters. The fourth-order valence-corrected chi connectivity index (χ4v) is 1.94. The van der Waals surface area contributed by atoms with Crippen LogP contribution in [0, 0.1) is 0 Å². The van der Waals surface area contributed by atoms with Crippen LogP contribution in [0.15, 0.2) is 36.9 Å². The van der Waals surface area contributed by atoms with Gasteiger partial charge < -0.3 is 10.1 Å².